The predicted octanol–water partition coefficient (Wildman–Crippen LogP) is 2.86. The summed E-state index contributed by atoms with van der Waals surface area (Å²) in [4.78, 5) is 3.96. The molecule has 0 saturated heterocycles. The number of nitrogens with two attached hydrogens (primary N) is 1. The number of hydrogen-bond acceptors (Lipinski definition) is 3. The van der Waals surface area contributed by atoms with Crippen LogP contribution < -0.4 is 5.73 Å². The maximum Gasteiger partial charge on any atom is 0.0933 e. The van der Waals surface area contributed by atoms with Crippen LogP contribution in [0.5, 0.6) is 0 Å². The molecule has 0 unspecified atom stereocenters. The molecule has 0 atom stereocenters. The molecule has 0 aliphatic carbocycles. The Bertz CT molecular complexity index is 335. The van der Waals surface area contributed by atoms with Gasteiger partial charge in [0, 0.05) is 18.0 Å². The smallest absolute Gasteiger partial charge is 0.0933 e. The quantitative estimate of drug-likeness (QED) is 0.899. The van der Waals surface area contributed by atoms with Gasteiger partial charge in [0.2, 0.25) is 0 Å². The lowest BCUT2D eigenvalue weighted by Gasteiger charge is -2.26. The zero-order valence-corrected chi connectivity index (χ0v) is 10.7. The van der Waals surface area contributed by atoms with Crippen LogP contribution in [0.4, 0.5) is 5.69 Å². The van der Waals surface area contributed by atoms with Crippen molar-refractivity contribution in [2.24, 2.45) is 0 Å². The lowest BCUT2D eigenvalue weighted by atomic mass is 10.1. The maximum atomic E-state index is 5.99. The van der Waals surface area contributed by atoms with Crippen LogP contribution in [-0.2, 0) is 13.0 Å². The number of anilines is 1. The van der Waals surface area contributed by atoms with E-state index in [9.17, 15) is 0 Å². The standard InChI is InChI=1S/C10H15BrN2S/c1-2-4-13-5-3-7-8(6-13)14-10(11)9(7)12/h2-6,12H2,1H3. The van der Waals surface area contributed by atoms with Crippen molar-refractivity contribution < 1.29 is 0 Å². The normalized spacial score (nSPS) is 17.0. The summed E-state index contributed by atoms with van der Waals surface area (Å²) < 4.78 is 1.11. The molecular formula is C10H15BrN2S. The number of nitrogen functional groups attached to an aromatic ring is 1. The van der Waals surface area contributed by atoms with E-state index in [4.69, 9.17) is 5.73 Å². The summed E-state index contributed by atoms with van der Waals surface area (Å²) in [5.41, 5.74) is 8.34. The highest BCUT2D eigenvalue weighted by atomic mass is 79.9. The molecule has 1 aliphatic rings. The molecule has 0 radical (unpaired) electrons. The Morgan fingerprint density at radius 1 is 1.57 bits per heavy atom. The van der Waals surface area contributed by atoms with Gasteiger partial charge in [0.1, 0.15) is 0 Å². The van der Waals surface area contributed by atoms with Gasteiger partial charge >= 0.3 is 0 Å². The molecule has 0 spiro atoms. The van der Waals surface area contributed by atoms with E-state index in [0.717, 1.165) is 29.0 Å². The summed E-state index contributed by atoms with van der Waals surface area (Å²) >= 11 is 5.31. The summed E-state index contributed by atoms with van der Waals surface area (Å²) in [6, 6.07) is 0. The monoisotopic (exact) mass is 274 g/mol. The van der Waals surface area contributed by atoms with Gasteiger partial charge in [-0.25, -0.2) is 0 Å². The Labute approximate surface area is 97.2 Å². The highest BCUT2D eigenvalue weighted by Crippen LogP contribution is 2.38. The average molecular weight is 275 g/mol. The number of rotatable bonds is 2. The van der Waals surface area contributed by atoms with E-state index in [-0.39, 0.29) is 0 Å². The van der Waals surface area contributed by atoms with Gasteiger partial charge in [-0.05, 0) is 40.9 Å². The second-order valence-corrected chi connectivity index (χ2v) is 6.14. The van der Waals surface area contributed by atoms with Crippen molar-refractivity contribution >= 4 is 33.0 Å². The number of halogens is 1. The number of fused-ring (bicyclic) bond motifs is 1. The molecule has 0 aromatic carbocycles. The van der Waals surface area contributed by atoms with Crippen LogP contribution in [-0.4, -0.2) is 18.0 Å². The molecule has 2 nitrogen and oxygen atoms in total. The Hall–Kier alpha value is -0.0600. The van der Waals surface area contributed by atoms with Gasteiger partial charge in [-0.2, -0.15) is 0 Å². The summed E-state index contributed by atoms with van der Waals surface area (Å²) in [7, 11) is 0. The van der Waals surface area contributed by atoms with Crippen LogP contribution in [0.2, 0.25) is 0 Å². The fraction of sp³-hybridized carbons (Fsp3) is 0.600. The molecule has 0 bridgehead atoms. The molecule has 1 aromatic heterocycles. The molecular weight excluding hydrogens is 260 g/mol. The van der Waals surface area contributed by atoms with Gasteiger partial charge in [0.05, 0.1) is 9.47 Å². The zero-order chi connectivity index (χ0) is 10.1. The lowest BCUT2D eigenvalue weighted by Crippen LogP contribution is -2.30. The molecule has 78 valence electrons. The average Bonchev–Trinajstić information content (AvgIpc) is 2.43. The van der Waals surface area contributed by atoms with Crippen LogP contribution in [0.1, 0.15) is 23.8 Å². The molecule has 1 aromatic rings. The van der Waals surface area contributed by atoms with E-state index in [0.29, 0.717) is 0 Å². The van der Waals surface area contributed by atoms with E-state index in [2.05, 4.69) is 27.8 Å². The largest absolute Gasteiger partial charge is 0.397 e. The number of nitrogens with zero attached hydrogens (tertiary/aromatic N) is 1. The van der Waals surface area contributed by atoms with Crippen molar-refractivity contribution in [1.82, 2.24) is 4.90 Å². The zero-order valence-electron chi connectivity index (χ0n) is 8.35. The molecule has 0 saturated carbocycles. The highest BCUT2D eigenvalue weighted by Gasteiger charge is 2.21. The van der Waals surface area contributed by atoms with Gasteiger partial charge in [-0.3, -0.25) is 4.90 Å². The van der Waals surface area contributed by atoms with Crippen LogP contribution in [0.15, 0.2) is 3.79 Å². The second-order valence-electron chi connectivity index (χ2n) is 3.72. The molecule has 4 heteroatoms. The van der Waals surface area contributed by atoms with Crippen molar-refractivity contribution in [2.75, 3.05) is 18.8 Å². The van der Waals surface area contributed by atoms with E-state index in [1.807, 2.05) is 0 Å². The maximum absolute atomic E-state index is 5.99. The summed E-state index contributed by atoms with van der Waals surface area (Å²) in [5, 5.41) is 0. The number of thiophene rings is 1. The second kappa shape index (κ2) is 4.21. The molecule has 14 heavy (non-hydrogen) atoms. The number of hydrogen-bond donors (Lipinski definition) is 1. The van der Waals surface area contributed by atoms with E-state index >= 15 is 0 Å². The molecule has 1 aliphatic heterocycles. The van der Waals surface area contributed by atoms with E-state index in [1.54, 1.807) is 11.3 Å². The van der Waals surface area contributed by atoms with Crippen molar-refractivity contribution in [2.45, 2.75) is 26.3 Å². The van der Waals surface area contributed by atoms with Gasteiger partial charge in [-0.1, -0.05) is 6.92 Å². The first kappa shape index (κ1) is 10.5. The summed E-state index contributed by atoms with van der Waals surface area (Å²) in [5.74, 6) is 0. The molecule has 0 fully saturated rings. The molecule has 2 rings (SSSR count). The highest BCUT2D eigenvalue weighted by molar-refractivity contribution is 9.11. The van der Waals surface area contributed by atoms with Gasteiger partial charge in [0.25, 0.3) is 0 Å². The van der Waals surface area contributed by atoms with E-state index in [1.165, 1.54) is 23.4 Å². The van der Waals surface area contributed by atoms with Crippen LogP contribution in [0.3, 0.4) is 0 Å². The lowest BCUT2D eigenvalue weighted by molar-refractivity contribution is 0.258. The van der Waals surface area contributed by atoms with Crippen molar-refractivity contribution in [3.05, 3.63) is 14.2 Å². The third-order valence-electron chi connectivity index (χ3n) is 2.67. The topological polar surface area (TPSA) is 29.3 Å². The first-order valence-electron chi connectivity index (χ1n) is 5.00. The van der Waals surface area contributed by atoms with Crippen molar-refractivity contribution in [3.63, 3.8) is 0 Å². The Balaban J connectivity index is 2.19. The minimum absolute atomic E-state index is 0.973. The molecule has 0 amide bonds. The Morgan fingerprint density at radius 3 is 3.07 bits per heavy atom. The minimum Gasteiger partial charge on any atom is -0.397 e. The fourth-order valence-electron chi connectivity index (χ4n) is 1.95. The molecule has 2 N–H and O–H groups in total. The SMILES string of the molecule is CCCN1CCc2c(sc(Br)c2N)C1. The van der Waals surface area contributed by atoms with Crippen molar-refractivity contribution in [1.29, 1.82) is 0 Å². The van der Waals surface area contributed by atoms with Gasteiger partial charge in [0.15, 0.2) is 0 Å². The summed E-state index contributed by atoms with van der Waals surface area (Å²) in [6.07, 6.45) is 2.35. The first-order chi connectivity index (χ1) is 6.72. The van der Waals surface area contributed by atoms with Crippen molar-refractivity contribution in [3.8, 4) is 0 Å². The van der Waals surface area contributed by atoms with Crippen LogP contribution in [0, 0.1) is 0 Å². The van der Waals surface area contributed by atoms with Crippen LogP contribution in [0.25, 0.3) is 0 Å². The first-order valence-corrected chi connectivity index (χ1v) is 6.61. The Kier molecular flexibility index (Phi) is 3.14. The minimum atomic E-state index is 0.973. The van der Waals surface area contributed by atoms with E-state index < -0.39 is 0 Å². The third-order valence-corrected chi connectivity index (χ3v) is 4.61. The summed E-state index contributed by atoms with van der Waals surface area (Å²) in [6.45, 7) is 5.68. The predicted molar refractivity (Wildman–Crippen MR) is 65.7 cm³/mol. The molecule has 2 heterocycles. The van der Waals surface area contributed by atoms with Crippen LogP contribution >= 0.6 is 27.3 Å². The third kappa shape index (κ3) is 1.83. The van der Waals surface area contributed by atoms with Gasteiger partial charge < -0.3 is 5.73 Å². The Morgan fingerprint density at radius 2 is 2.36 bits per heavy atom. The fourth-order valence-corrected chi connectivity index (χ4v) is 3.81. The van der Waals surface area contributed by atoms with Gasteiger partial charge in [-0.15, -0.1) is 11.3 Å².